The first-order valence-electron chi connectivity index (χ1n) is 5.54. The number of hydrogen-bond acceptors (Lipinski definition) is 4. The summed E-state index contributed by atoms with van der Waals surface area (Å²) in [6.45, 7) is 0. The van der Waals surface area contributed by atoms with E-state index in [4.69, 9.17) is 0 Å². The van der Waals surface area contributed by atoms with Gasteiger partial charge in [-0.2, -0.15) is 0 Å². The second kappa shape index (κ2) is 4.55. The molecule has 1 aliphatic rings. The van der Waals surface area contributed by atoms with Gasteiger partial charge in [0.1, 0.15) is 0 Å². The van der Waals surface area contributed by atoms with Crippen molar-refractivity contribution in [2.45, 2.75) is 12.5 Å². The predicted molar refractivity (Wildman–Crippen MR) is 70.8 cm³/mol. The maximum Gasteiger partial charge on any atom is 0.232 e. The van der Waals surface area contributed by atoms with E-state index in [-0.39, 0.29) is 11.5 Å². The van der Waals surface area contributed by atoms with Gasteiger partial charge in [0.2, 0.25) is 10.0 Å². The molecule has 0 amide bonds. The van der Waals surface area contributed by atoms with E-state index in [0.717, 1.165) is 6.26 Å². The number of benzene rings is 1. The molecule has 2 rings (SSSR count). The number of rotatable bonds is 3. The average molecular weight is 289 g/mol. The molecule has 5 nitrogen and oxygen atoms in total. The number of sulfonamides is 1. The molecule has 0 bridgehead atoms. The van der Waals surface area contributed by atoms with Gasteiger partial charge in [-0.3, -0.25) is 4.31 Å². The van der Waals surface area contributed by atoms with Crippen LogP contribution < -0.4 is 4.31 Å². The molecule has 1 aromatic rings. The SMILES string of the molecule is CS(=O)(=O)N(c1ccccc1)[C@H]1CCS(=O)(=O)C1. The van der Waals surface area contributed by atoms with Crippen LogP contribution in [0.25, 0.3) is 0 Å². The van der Waals surface area contributed by atoms with Crippen molar-refractivity contribution in [2.24, 2.45) is 0 Å². The molecule has 1 fully saturated rings. The van der Waals surface area contributed by atoms with Crippen LogP contribution in [0.15, 0.2) is 30.3 Å². The Bertz CT molecular complexity index is 622. The van der Waals surface area contributed by atoms with E-state index < -0.39 is 25.9 Å². The normalized spacial score (nSPS) is 22.8. The first kappa shape index (κ1) is 13.4. The third kappa shape index (κ3) is 2.84. The van der Waals surface area contributed by atoms with Crippen molar-refractivity contribution in [2.75, 3.05) is 22.1 Å². The second-order valence-electron chi connectivity index (χ2n) is 4.45. The molecule has 0 N–H and O–H groups in total. The van der Waals surface area contributed by atoms with Crippen LogP contribution in [0.2, 0.25) is 0 Å². The lowest BCUT2D eigenvalue weighted by molar-refractivity contribution is 0.586. The lowest BCUT2D eigenvalue weighted by Gasteiger charge is -2.27. The van der Waals surface area contributed by atoms with Gasteiger partial charge < -0.3 is 0 Å². The van der Waals surface area contributed by atoms with Crippen molar-refractivity contribution >= 4 is 25.5 Å². The Morgan fingerprint density at radius 2 is 1.83 bits per heavy atom. The van der Waals surface area contributed by atoms with Crippen LogP contribution in [-0.4, -0.2) is 40.6 Å². The van der Waals surface area contributed by atoms with E-state index in [1.807, 2.05) is 0 Å². The van der Waals surface area contributed by atoms with Gasteiger partial charge in [0.25, 0.3) is 0 Å². The molecule has 1 aliphatic heterocycles. The fraction of sp³-hybridized carbons (Fsp3) is 0.455. The van der Waals surface area contributed by atoms with Crippen molar-refractivity contribution in [3.05, 3.63) is 30.3 Å². The summed E-state index contributed by atoms with van der Waals surface area (Å²) in [5.41, 5.74) is 0.516. The predicted octanol–water partition coefficient (Wildman–Crippen LogP) is 0.640. The summed E-state index contributed by atoms with van der Waals surface area (Å²) < 4.78 is 47.9. The molecule has 18 heavy (non-hydrogen) atoms. The zero-order valence-corrected chi connectivity index (χ0v) is 11.6. The fourth-order valence-electron chi connectivity index (χ4n) is 2.21. The molecule has 7 heteroatoms. The molecule has 1 atom stereocenters. The van der Waals surface area contributed by atoms with E-state index in [1.165, 1.54) is 4.31 Å². The molecular formula is C11H15NO4S2. The van der Waals surface area contributed by atoms with E-state index in [0.29, 0.717) is 12.1 Å². The lowest BCUT2D eigenvalue weighted by Crippen LogP contribution is -2.40. The summed E-state index contributed by atoms with van der Waals surface area (Å²) in [6.07, 6.45) is 1.45. The molecule has 0 radical (unpaired) electrons. The van der Waals surface area contributed by atoms with Crippen LogP contribution in [0.1, 0.15) is 6.42 Å². The Kier molecular flexibility index (Phi) is 3.37. The Labute approximate surface area is 107 Å². The fourth-order valence-corrected chi connectivity index (χ4v) is 5.23. The maximum atomic E-state index is 11.9. The highest BCUT2D eigenvalue weighted by atomic mass is 32.2. The largest absolute Gasteiger partial charge is 0.266 e. The minimum atomic E-state index is -3.48. The molecule has 0 saturated carbocycles. The monoisotopic (exact) mass is 289 g/mol. The molecule has 0 aliphatic carbocycles. The number of para-hydroxylation sites is 1. The summed E-state index contributed by atoms with van der Waals surface area (Å²) in [4.78, 5) is 0. The van der Waals surface area contributed by atoms with Crippen molar-refractivity contribution in [3.8, 4) is 0 Å². The van der Waals surface area contributed by atoms with Crippen LogP contribution in [0.4, 0.5) is 5.69 Å². The zero-order chi connectivity index (χ0) is 13.4. The third-order valence-electron chi connectivity index (χ3n) is 2.91. The van der Waals surface area contributed by atoms with Gasteiger partial charge in [-0.25, -0.2) is 16.8 Å². The molecule has 100 valence electrons. The Morgan fingerprint density at radius 1 is 1.22 bits per heavy atom. The number of sulfone groups is 1. The van der Waals surface area contributed by atoms with Crippen LogP contribution >= 0.6 is 0 Å². The summed E-state index contributed by atoms with van der Waals surface area (Å²) in [6, 6.07) is 8.11. The van der Waals surface area contributed by atoms with Crippen LogP contribution in [0.3, 0.4) is 0 Å². The standard InChI is InChI=1S/C11H15NO4S2/c1-17(13,14)12(10-5-3-2-4-6-10)11-7-8-18(15,16)9-11/h2-6,11H,7-9H2,1H3/t11-/m0/s1. The van der Waals surface area contributed by atoms with Gasteiger partial charge in [0, 0.05) is 0 Å². The van der Waals surface area contributed by atoms with Gasteiger partial charge in [-0.05, 0) is 18.6 Å². The summed E-state index contributed by atoms with van der Waals surface area (Å²) >= 11 is 0. The molecule has 0 unspecified atom stereocenters. The third-order valence-corrected chi connectivity index (χ3v) is 5.88. The van der Waals surface area contributed by atoms with E-state index >= 15 is 0 Å². The first-order valence-corrected chi connectivity index (χ1v) is 9.21. The van der Waals surface area contributed by atoms with Crippen molar-refractivity contribution in [1.29, 1.82) is 0 Å². The minimum absolute atomic E-state index is 0.0521. The zero-order valence-electron chi connectivity index (χ0n) is 9.98. The van der Waals surface area contributed by atoms with Crippen LogP contribution in [-0.2, 0) is 19.9 Å². The molecule has 1 saturated heterocycles. The van der Waals surface area contributed by atoms with Gasteiger partial charge >= 0.3 is 0 Å². The molecule has 1 heterocycles. The Morgan fingerprint density at radius 3 is 2.28 bits per heavy atom. The average Bonchev–Trinajstić information content (AvgIpc) is 2.58. The molecule has 1 aromatic carbocycles. The van der Waals surface area contributed by atoms with E-state index in [9.17, 15) is 16.8 Å². The topological polar surface area (TPSA) is 71.5 Å². The highest BCUT2D eigenvalue weighted by Crippen LogP contribution is 2.26. The van der Waals surface area contributed by atoms with Gasteiger partial charge in [-0.1, -0.05) is 18.2 Å². The van der Waals surface area contributed by atoms with Gasteiger partial charge in [-0.15, -0.1) is 0 Å². The highest BCUT2D eigenvalue weighted by Gasteiger charge is 2.36. The second-order valence-corrected chi connectivity index (χ2v) is 8.54. The van der Waals surface area contributed by atoms with Crippen molar-refractivity contribution in [1.82, 2.24) is 0 Å². The van der Waals surface area contributed by atoms with E-state index in [1.54, 1.807) is 30.3 Å². The number of hydrogen-bond donors (Lipinski definition) is 0. The number of anilines is 1. The van der Waals surface area contributed by atoms with Crippen molar-refractivity contribution < 1.29 is 16.8 Å². The molecular weight excluding hydrogens is 274 g/mol. The maximum absolute atomic E-state index is 11.9. The number of nitrogens with zero attached hydrogens (tertiary/aromatic N) is 1. The first-order chi connectivity index (χ1) is 8.30. The lowest BCUT2D eigenvalue weighted by atomic mass is 10.2. The smallest absolute Gasteiger partial charge is 0.232 e. The van der Waals surface area contributed by atoms with Crippen LogP contribution in [0.5, 0.6) is 0 Å². The summed E-state index contributed by atoms with van der Waals surface area (Å²) in [5, 5.41) is 0. The van der Waals surface area contributed by atoms with Gasteiger partial charge in [0.05, 0.1) is 29.5 Å². The molecule has 0 spiro atoms. The van der Waals surface area contributed by atoms with E-state index in [2.05, 4.69) is 0 Å². The summed E-state index contributed by atoms with van der Waals surface area (Å²) in [7, 11) is -6.60. The minimum Gasteiger partial charge on any atom is -0.266 e. The van der Waals surface area contributed by atoms with Gasteiger partial charge in [0.15, 0.2) is 9.84 Å². The Balaban J connectivity index is 2.40. The highest BCUT2D eigenvalue weighted by molar-refractivity contribution is 7.93. The molecule has 0 aromatic heterocycles. The summed E-state index contributed by atoms with van der Waals surface area (Å²) in [5.74, 6) is -0.0501. The van der Waals surface area contributed by atoms with Crippen molar-refractivity contribution in [3.63, 3.8) is 0 Å². The van der Waals surface area contributed by atoms with Crippen LogP contribution in [0, 0.1) is 0 Å². The Hall–Kier alpha value is -1.08. The quantitative estimate of drug-likeness (QED) is 0.818.